The summed E-state index contributed by atoms with van der Waals surface area (Å²) in [5, 5.41) is 2.67. The fourth-order valence-electron chi connectivity index (χ4n) is 2.00. The molecule has 0 radical (unpaired) electrons. The van der Waals surface area contributed by atoms with E-state index in [1.54, 1.807) is 43.7 Å². The maximum absolute atomic E-state index is 11.8. The quantitative estimate of drug-likeness (QED) is 0.860. The van der Waals surface area contributed by atoms with E-state index in [2.05, 4.69) is 20.3 Å². The first-order valence-electron chi connectivity index (χ1n) is 7.60. The van der Waals surface area contributed by atoms with Gasteiger partial charge in [0.15, 0.2) is 0 Å². The first-order valence-corrected chi connectivity index (χ1v) is 7.60. The smallest absolute Gasteiger partial charge is 0.408 e. The normalized spacial score (nSPS) is 15.2. The minimum Gasteiger partial charge on any atom is -0.484 e. The molecule has 1 unspecified atom stereocenters. The fourth-order valence-corrected chi connectivity index (χ4v) is 2.00. The Kier molecular flexibility index (Phi) is 5.17. The zero-order valence-electron chi connectivity index (χ0n) is 13.2. The molecule has 24 heavy (non-hydrogen) atoms. The second kappa shape index (κ2) is 7.69. The molecule has 1 saturated heterocycles. The second-order valence-corrected chi connectivity index (χ2v) is 5.31. The number of pyridine rings is 1. The van der Waals surface area contributed by atoms with Gasteiger partial charge in [0.25, 0.3) is 0 Å². The van der Waals surface area contributed by atoms with Crippen LogP contribution in [0.3, 0.4) is 0 Å². The Morgan fingerprint density at radius 2 is 2.12 bits per heavy atom. The molecule has 126 valence electrons. The van der Waals surface area contributed by atoms with Gasteiger partial charge in [-0.05, 0) is 25.1 Å². The Labute approximate surface area is 139 Å². The van der Waals surface area contributed by atoms with E-state index in [4.69, 9.17) is 14.2 Å². The summed E-state index contributed by atoms with van der Waals surface area (Å²) in [6.45, 7) is 3.06. The summed E-state index contributed by atoms with van der Waals surface area (Å²) >= 11 is 0. The van der Waals surface area contributed by atoms with Gasteiger partial charge in [-0.15, -0.1) is 0 Å². The number of rotatable bonds is 6. The Hall–Kier alpha value is -2.74. The van der Waals surface area contributed by atoms with Gasteiger partial charge in [0, 0.05) is 12.4 Å². The van der Waals surface area contributed by atoms with Crippen molar-refractivity contribution in [2.75, 3.05) is 13.2 Å². The summed E-state index contributed by atoms with van der Waals surface area (Å²) in [7, 11) is 0. The molecule has 3 heterocycles. The van der Waals surface area contributed by atoms with Crippen LogP contribution in [0.25, 0.3) is 0 Å². The molecule has 8 nitrogen and oxygen atoms in total. The van der Waals surface area contributed by atoms with Gasteiger partial charge in [-0.3, -0.25) is 4.98 Å². The molecular formula is C16H18N4O4. The van der Waals surface area contributed by atoms with Crippen molar-refractivity contribution in [2.45, 2.75) is 25.7 Å². The number of amides is 1. The molecule has 8 heteroatoms. The fraction of sp³-hybridized carbons (Fsp3) is 0.375. The van der Waals surface area contributed by atoms with Gasteiger partial charge in [-0.25, -0.2) is 14.8 Å². The molecule has 2 aromatic rings. The molecule has 1 aliphatic heterocycles. The van der Waals surface area contributed by atoms with Gasteiger partial charge in [0.05, 0.1) is 31.1 Å². The standard InChI is InChI=1S/C16H18N4O4/c1-11(15-17-5-2-6-18-15)20-16(21)23-8-12-3-4-13(7-19-12)24-14-9-22-10-14/h2-7,11,14H,8-10H2,1H3,(H,20,21). The molecular weight excluding hydrogens is 312 g/mol. The molecule has 1 aliphatic rings. The van der Waals surface area contributed by atoms with Crippen LogP contribution in [0, 0.1) is 0 Å². The summed E-state index contributed by atoms with van der Waals surface area (Å²) in [4.78, 5) is 24.2. The zero-order chi connectivity index (χ0) is 16.8. The number of hydrogen-bond acceptors (Lipinski definition) is 7. The molecule has 1 amide bonds. The Balaban J connectivity index is 1.43. The SMILES string of the molecule is CC(NC(=O)OCc1ccc(OC2COC2)cn1)c1ncccn1. The van der Waals surface area contributed by atoms with Crippen molar-refractivity contribution in [3.63, 3.8) is 0 Å². The van der Waals surface area contributed by atoms with Crippen LogP contribution in [0.5, 0.6) is 5.75 Å². The lowest BCUT2D eigenvalue weighted by molar-refractivity contribution is -0.0798. The minimum absolute atomic E-state index is 0.0705. The van der Waals surface area contributed by atoms with E-state index in [1.165, 1.54) is 0 Å². The van der Waals surface area contributed by atoms with Crippen LogP contribution >= 0.6 is 0 Å². The Bertz CT molecular complexity index is 662. The summed E-state index contributed by atoms with van der Waals surface area (Å²) in [5.74, 6) is 1.19. The lowest BCUT2D eigenvalue weighted by Gasteiger charge is -2.26. The van der Waals surface area contributed by atoms with Crippen LogP contribution in [0.15, 0.2) is 36.8 Å². The van der Waals surface area contributed by atoms with Crippen LogP contribution in [-0.4, -0.2) is 40.4 Å². The number of nitrogens with zero attached hydrogens (tertiary/aromatic N) is 3. The van der Waals surface area contributed by atoms with Crippen molar-refractivity contribution >= 4 is 6.09 Å². The van der Waals surface area contributed by atoms with Crippen LogP contribution in [0.4, 0.5) is 4.79 Å². The largest absolute Gasteiger partial charge is 0.484 e. The highest BCUT2D eigenvalue weighted by Crippen LogP contribution is 2.15. The van der Waals surface area contributed by atoms with Gasteiger partial charge >= 0.3 is 6.09 Å². The molecule has 0 saturated carbocycles. The first-order chi connectivity index (χ1) is 11.7. The Morgan fingerprint density at radius 1 is 1.33 bits per heavy atom. The molecule has 3 rings (SSSR count). The van der Waals surface area contributed by atoms with Crippen molar-refractivity contribution in [1.82, 2.24) is 20.3 Å². The van der Waals surface area contributed by atoms with Crippen molar-refractivity contribution < 1.29 is 19.0 Å². The minimum atomic E-state index is -0.552. The topological polar surface area (TPSA) is 95.5 Å². The number of alkyl carbamates (subject to hydrolysis) is 1. The second-order valence-electron chi connectivity index (χ2n) is 5.31. The highest BCUT2D eigenvalue weighted by molar-refractivity contribution is 5.67. The number of aromatic nitrogens is 3. The molecule has 0 bridgehead atoms. The molecule has 1 atom stereocenters. The van der Waals surface area contributed by atoms with Crippen LogP contribution < -0.4 is 10.1 Å². The van der Waals surface area contributed by atoms with Gasteiger partial charge in [-0.1, -0.05) is 0 Å². The van der Waals surface area contributed by atoms with Crippen LogP contribution in [-0.2, 0) is 16.1 Å². The van der Waals surface area contributed by atoms with E-state index in [0.29, 0.717) is 30.5 Å². The van der Waals surface area contributed by atoms with Crippen molar-refractivity contribution in [1.29, 1.82) is 0 Å². The Morgan fingerprint density at radius 3 is 2.75 bits per heavy atom. The van der Waals surface area contributed by atoms with Gasteiger partial charge in [0.2, 0.25) is 0 Å². The molecule has 1 N–H and O–H groups in total. The monoisotopic (exact) mass is 330 g/mol. The molecule has 0 aromatic carbocycles. The van der Waals surface area contributed by atoms with Crippen LogP contribution in [0.2, 0.25) is 0 Å². The first kappa shape index (κ1) is 16.1. The summed E-state index contributed by atoms with van der Waals surface area (Å²) < 4.78 is 15.8. The highest BCUT2D eigenvalue weighted by Gasteiger charge is 2.20. The zero-order valence-corrected chi connectivity index (χ0v) is 13.2. The van der Waals surface area contributed by atoms with E-state index >= 15 is 0 Å². The molecule has 2 aromatic heterocycles. The summed E-state index contributed by atoms with van der Waals surface area (Å²) in [6.07, 6.45) is 4.39. The lowest BCUT2D eigenvalue weighted by Crippen LogP contribution is -2.38. The van der Waals surface area contributed by atoms with Crippen molar-refractivity contribution in [3.05, 3.63) is 48.3 Å². The summed E-state index contributed by atoms with van der Waals surface area (Å²) in [6, 6.07) is 4.92. The van der Waals surface area contributed by atoms with Crippen LogP contribution in [0.1, 0.15) is 24.5 Å². The van der Waals surface area contributed by atoms with Gasteiger partial charge in [0.1, 0.15) is 24.3 Å². The average molecular weight is 330 g/mol. The van der Waals surface area contributed by atoms with Crippen molar-refractivity contribution in [3.8, 4) is 5.75 Å². The average Bonchev–Trinajstić information content (AvgIpc) is 2.58. The molecule has 0 spiro atoms. The predicted molar refractivity (Wildman–Crippen MR) is 83.2 cm³/mol. The number of carbonyl (C=O) groups excluding carboxylic acids is 1. The number of ether oxygens (including phenoxy) is 3. The van der Waals surface area contributed by atoms with E-state index < -0.39 is 6.09 Å². The predicted octanol–water partition coefficient (Wildman–Crippen LogP) is 1.64. The van der Waals surface area contributed by atoms with E-state index in [0.717, 1.165) is 0 Å². The van der Waals surface area contributed by atoms with Gasteiger partial charge < -0.3 is 19.5 Å². The lowest BCUT2D eigenvalue weighted by atomic mass is 10.3. The highest BCUT2D eigenvalue weighted by atomic mass is 16.6. The maximum Gasteiger partial charge on any atom is 0.408 e. The molecule has 0 aliphatic carbocycles. The third-order valence-corrected chi connectivity index (χ3v) is 3.37. The van der Waals surface area contributed by atoms with Gasteiger partial charge in [-0.2, -0.15) is 0 Å². The number of carbonyl (C=O) groups is 1. The molecule has 1 fully saturated rings. The third kappa shape index (κ3) is 4.39. The number of nitrogens with one attached hydrogen (secondary N) is 1. The van der Waals surface area contributed by atoms with E-state index in [-0.39, 0.29) is 18.8 Å². The number of hydrogen-bond donors (Lipinski definition) is 1. The maximum atomic E-state index is 11.8. The third-order valence-electron chi connectivity index (χ3n) is 3.37. The van der Waals surface area contributed by atoms with E-state index in [9.17, 15) is 4.79 Å². The van der Waals surface area contributed by atoms with Crippen molar-refractivity contribution in [2.24, 2.45) is 0 Å². The summed E-state index contributed by atoms with van der Waals surface area (Å²) in [5.41, 5.74) is 0.631. The van der Waals surface area contributed by atoms with E-state index in [1.807, 2.05) is 0 Å².